The second-order valence-corrected chi connectivity index (χ2v) is 7.42. The number of methoxy groups -OCH3 is 2. The van der Waals surface area contributed by atoms with Gasteiger partial charge in [0, 0.05) is 7.05 Å². The van der Waals surface area contributed by atoms with Crippen molar-refractivity contribution in [3.8, 4) is 17.8 Å². The van der Waals surface area contributed by atoms with Crippen LogP contribution in [0.3, 0.4) is 0 Å². The van der Waals surface area contributed by atoms with Gasteiger partial charge in [0.2, 0.25) is 26.9 Å². The summed E-state index contributed by atoms with van der Waals surface area (Å²) in [7, 11) is 0.788. The van der Waals surface area contributed by atoms with Crippen LogP contribution < -0.4 is 14.2 Å². The van der Waals surface area contributed by atoms with Crippen molar-refractivity contribution in [2.75, 3.05) is 24.7 Å². The van der Waals surface area contributed by atoms with E-state index >= 15 is 0 Å². The zero-order chi connectivity index (χ0) is 18.6. The van der Waals surface area contributed by atoms with Gasteiger partial charge in [0.1, 0.15) is 10.7 Å². The maximum absolute atomic E-state index is 11.9. The highest BCUT2D eigenvalue weighted by molar-refractivity contribution is 7.99. The maximum Gasteiger partial charge on any atom is 0.246 e. The fourth-order valence-electron chi connectivity index (χ4n) is 1.87. The van der Waals surface area contributed by atoms with E-state index in [9.17, 15) is 8.42 Å². The number of hydrogen-bond acceptors (Lipinski definition) is 9. The predicted octanol–water partition coefficient (Wildman–Crippen LogP) is 0.952. The van der Waals surface area contributed by atoms with Gasteiger partial charge in [0.25, 0.3) is 0 Å². The van der Waals surface area contributed by atoms with E-state index in [4.69, 9.17) is 14.7 Å². The van der Waals surface area contributed by atoms with Crippen molar-refractivity contribution < 1.29 is 17.9 Å². The Labute approximate surface area is 149 Å². The van der Waals surface area contributed by atoms with Crippen LogP contribution in [0.15, 0.2) is 16.2 Å². The number of nitriles is 1. The SMILES string of the molecule is COc1cc(OC)nc(Sc2c(NS(=O)(=O)CC#N)c(C)nn2C)n1. The number of ether oxygens (including phenoxy) is 2. The highest BCUT2D eigenvalue weighted by atomic mass is 32.2. The minimum absolute atomic E-state index is 0.271. The zero-order valence-corrected chi connectivity index (χ0v) is 15.6. The molecule has 25 heavy (non-hydrogen) atoms. The minimum atomic E-state index is -3.80. The molecule has 0 amide bonds. The molecule has 2 rings (SSSR count). The molecule has 10 nitrogen and oxygen atoms in total. The summed E-state index contributed by atoms with van der Waals surface area (Å²) in [6.07, 6.45) is 0. The number of anilines is 1. The Morgan fingerprint density at radius 2 is 1.92 bits per heavy atom. The highest BCUT2D eigenvalue weighted by Gasteiger charge is 2.21. The topological polar surface area (TPSA) is 132 Å². The molecule has 0 fully saturated rings. The number of rotatable bonds is 7. The van der Waals surface area contributed by atoms with E-state index in [1.807, 2.05) is 0 Å². The van der Waals surface area contributed by atoms with E-state index in [-0.39, 0.29) is 5.69 Å². The van der Waals surface area contributed by atoms with Crippen LogP contribution in [0.5, 0.6) is 11.8 Å². The van der Waals surface area contributed by atoms with Crippen LogP contribution in [-0.4, -0.2) is 48.1 Å². The summed E-state index contributed by atoms with van der Waals surface area (Å²) >= 11 is 1.09. The van der Waals surface area contributed by atoms with Crippen molar-refractivity contribution in [2.24, 2.45) is 7.05 Å². The van der Waals surface area contributed by atoms with E-state index in [1.165, 1.54) is 25.0 Å². The Balaban J connectivity index is 2.42. The molecular weight excluding hydrogens is 368 g/mol. The number of aromatic nitrogens is 4. The smallest absolute Gasteiger partial charge is 0.246 e. The second-order valence-electron chi connectivity index (χ2n) is 4.75. The predicted molar refractivity (Wildman–Crippen MR) is 90.2 cm³/mol. The third kappa shape index (κ3) is 4.52. The Hall–Kier alpha value is -2.52. The molecule has 2 aromatic heterocycles. The molecule has 0 aliphatic carbocycles. The van der Waals surface area contributed by atoms with Crippen molar-refractivity contribution in [3.05, 3.63) is 11.8 Å². The fraction of sp³-hybridized carbons (Fsp3) is 0.385. The Bertz CT molecular complexity index is 897. The molecule has 0 aliphatic rings. The van der Waals surface area contributed by atoms with Gasteiger partial charge in [-0.2, -0.15) is 20.3 Å². The molecule has 0 unspecified atom stereocenters. The first-order valence-electron chi connectivity index (χ1n) is 6.85. The summed E-state index contributed by atoms with van der Waals surface area (Å²) in [5.41, 5.74) is 0.731. The first kappa shape index (κ1) is 18.8. The molecule has 2 aromatic rings. The summed E-state index contributed by atoms with van der Waals surface area (Å²) in [5, 5.41) is 13.6. The molecule has 0 aliphatic heterocycles. The highest BCUT2D eigenvalue weighted by Crippen LogP contribution is 2.35. The number of aryl methyl sites for hydroxylation is 2. The molecule has 0 spiro atoms. The van der Waals surface area contributed by atoms with Gasteiger partial charge in [-0.1, -0.05) is 0 Å². The second kappa shape index (κ2) is 7.58. The average Bonchev–Trinajstić information content (AvgIpc) is 2.81. The van der Waals surface area contributed by atoms with Crippen molar-refractivity contribution in [2.45, 2.75) is 17.1 Å². The Kier molecular flexibility index (Phi) is 5.70. The molecule has 1 N–H and O–H groups in total. The van der Waals surface area contributed by atoms with Gasteiger partial charge < -0.3 is 9.47 Å². The molecule has 2 heterocycles. The van der Waals surface area contributed by atoms with E-state index in [2.05, 4.69) is 19.8 Å². The lowest BCUT2D eigenvalue weighted by molar-refractivity contribution is 0.364. The maximum atomic E-state index is 11.9. The molecule has 0 saturated heterocycles. The van der Waals surface area contributed by atoms with Gasteiger partial charge in [-0.25, -0.2) is 8.42 Å². The lowest BCUT2D eigenvalue weighted by atomic mass is 10.4. The van der Waals surface area contributed by atoms with E-state index in [1.54, 1.807) is 20.0 Å². The van der Waals surface area contributed by atoms with Gasteiger partial charge >= 0.3 is 0 Å². The average molecular weight is 384 g/mol. The molecular formula is C13H16N6O4S2. The summed E-state index contributed by atoms with van der Waals surface area (Å²) in [6.45, 7) is 1.65. The van der Waals surface area contributed by atoms with Crippen LogP contribution in [0.2, 0.25) is 0 Å². The summed E-state index contributed by atoms with van der Waals surface area (Å²) < 4.78 is 37.9. The van der Waals surface area contributed by atoms with Crippen LogP contribution in [0.1, 0.15) is 5.69 Å². The summed E-state index contributed by atoms with van der Waals surface area (Å²) in [5.74, 6) is -0.0470. The van der Waals surface area contributed by atoms with Gasteiger partial charge in [0.05, 0.1) is 32.0 Å². The number of sulfonamides is 1. The molecule has 0 aromatic carbocycles. The lowest BCUT2D eigenvalue weighted by Crippen LogP contribution is -2.16. The van der Waals surface area contributed by atoms with Crippen molar-refractivity contribution in [3.63, 3.8) is 0 Å². The third-order valence-electron chi connectivity index (χ3n) is 2.95. The zero-order valence-electron chi connectivity index (χ0n) is 14.0. The number of nitrogens with zero attached hydrogens (tertiary/aromatic N) is 5. The molecule has 0 atom stereocenters. The molecule has 0 radical (unpaired) electrons. The standard InChI is InChI=1S/C13H16N6O4S2/c1-8-11(18-25(20,21)6-5-14)12(19(2)17-8)24-13-15-9(22-3)7-10(16-13)23-4/h7,18H,6H2,1-4H3. The largest absolute Gasteiger partial charge is 0.481 e. The van der Waals surface area contributed by atoms with Crippen LogP contribution in [-0.2, 0) is 17.1 Å². The third-order valence-corrected chi connectivity index (χ3v) is 5.00. The van der Waals surface area contributed by atoms with Gasteiger partial charge in [0.15, 0.2) is 5.75 Å². The first-order valence-corrected chi connectivity index (χ1v) is 9.32. The van der Waals surface area contributed by atoms with Crippen LogP contribution in [0, 0.1) is 18.3 Å². The molecule has 0 saturated carbocycles. The monoisotopic (exact) mass is 384 g/mol. The normalized spacial score (nSPS) is 11.0. The van der Waals surface area contributed by atoms with Crippen LogP contribution in [0.4, 0.5) is 5.69 Å². The quantitative estimate of drug-likeness (QED) is 0.693. The Morgan fingerprint density at radius 3 is 2.44 bits per heavy atom. The van der Waals surface area contributed by atoms with Gasteiger partial charge in [-0.05, 0) is 18.7 Å². The van der Waals surface area contributed by atoms with Crippen molar-refractivity contribution in [1.82, 2.24) is 19.7 Å². The molecule has 0 bridgehead atoms. The van der Waals surface area contributed by atoms with Crippen molar-refractivity contribution >= 4 is 27.5 Å². The van der Waals surface area contributed by atoms with E-state index in [0.717, 1.165) is 11.8 Å². The summed E-state index contributed by atoms with van der Waals surface area (Å²) in [4.78, 5) is 8.40. The lowest BCUT2D eigenvalue weighted by Gasteiger charge is -2.09. The van der Waals surface area contributed by atoms with E-state index < -0.39 is 15.8 Å². The van der Waals surface area contributed by atoms with E-state index in [0.29, 0.717) is 27.6 Å². The number of hydrogen-bond donors (Lipinski definition) is 1. The first-order chi connectivity index (χ1) is 11.8. The Morgan fingerprint density at radius 1 is 1.32 bits per heavy atom. The van der Waals surface area contributed by atoms with Crippen LogP contribution in [0.25, 0.3) is 0 Å². The molecule has 12 heteroatoms. The summed E-state index contributed by atoms with van der Waals surface area (Å²) in [6, 6.07) is 3.13. The van der Waals surface area contributed by atoms with Gasteiger partial charge in [-0.15, -0.1) is 0 Å². The van der Waals surface area contributed by atoms with Crippen LogP contribution >= 0.6 is 11.8 Å². The molecule has 134 valence electrons. The van der Waals surface area contributed by atoms with Gasteiger partial charge in [-0.3, -0.25) is 9.40 Å². The van der Waals surface area contributed by atoms with Crippen molar-refractivity contribution in [1.29, 1.82) is 5.26 Å². The minimum Gasteiger partial charge on any atom is -0.481 e. The number of nitrogens with one attached hydrogen (secondary N) is 1. The fourth-order valence-corrected chi connectivity index (χ4v) is 3.65.